The van der Waals surface area contributed by atoms with Gasteiger partial charge in [0.25, 0.3) is 0 Å². The molecular formula is C12H15N5. The van der Waals surface area contributed by atoms with E-state index in [9.17, 15) is 0 Å². The van der Waals surface area contributed by atoms with Crippen LogP contribution in [-0.4, -0.2) is 38.2 Å². The zero-order valence-corrected chi connectivity index (χ0v) is 9.82. The zero-order chi connectivity index (χ0) is 11.7. The molecule has 3 rings (SSSR count). The van der Waals surface area contributed by atoms with Gasteiger partial charge in [0.15, 0.2) is 5.82 Å². The van der Waals surface area contributed by atoms with Gasteiger partial charge in [0.2, 0.25) is 0 Å². The summed E-state index contributed by atoms with van der Waals surface area (Å²) >= 11 is 0. The Bertz CT molecular complexity index is 493. The Kier molecular flexibility index (Phi) is 2.60. The van der Waals surface area contributed by atoms with Crippen LogP contribution in [0.2, 0.25) is 0 Å². The summed E-state index contributed by atoms with van der Waals surface area (Å²) in [5.74, 6) is 0.955. The van der Waals surface area contributed by atoms with E-state index in [0.717, 1.165) is 25.3 Å². The van der Waals surface area contributed by atoms with Crippen molar-refractivity contribution in [1.82, 2.24) is 25.1 Å². The lowest BCUT2D eigenvalue weighted by Crippen LogP contribution is -2.42. The van der Waals surface area contributed by atoms with Gasteiger partial charge in [-0.05, 0) is 29.5 Å². The van der Waals surface area contributed by atoms with Gasteiger partial charge in [-0.1, -0.05) is 30.3 Å². The Morgan fingerprint density at radius 1 is 1.29 bits per heavy atom. The van der Waals surface area contributed by atoms with Crippen molar-refractivity contribution in [2.75, 3.05) is 7.05 Å². The number of hydrogen-bond donors (Lipinski definition) is 0. The Hall–Kier alpha value is -1.75. The average Bonchev–Trinajstić information content (AvgIpc) is 2.78. The maximum atomic E-state index is 4.01. The van der Waals surface area contributed by atoms with Gasteiger partial charge in [0, 0.05) is 6.04 Å². The van der Waals surface area contributed by atoms with Crippen molar-refractivity contribution in [2.45, 2.75) is 25.6 Å². The van der Waals surface area contributed by atoms with Crippen LogP contribution < -0.4 is 0 Å². The molecule has 17 heavy (non-hydrogen) atoms. The molecule has 0 amide bonds. The standard InChI is InChI=1S/C12H15N5/c1-16-9-12-13-14-15-17(12)8-11(16)7-10-5-3-2-4-6-10/h2-6,11H,7-9H2,1H3/t11-/m0/s1. The zero-order valence-electron chi connectivity index (χ0n) is 9.82. The van der Waals surface area contributed by atoms with Gasteiger partial charge >= 0.3 is 0 Å². The molecule has 1 aromatic heterocycles. The summed E-state index contributed by atoms with van der Waals surface area (Å²) < 4.78 is 1.91. The van der Waals surface area contributed by atoms with E-state index in [1.165, 1.54) is 5.56 Å². The summed E-state index contributed by atoms with van der Waals surface area (Å²) in [4.78, 5) is 2.32. The molecule has 0 unspecified atom stereocenters. The highest BCUT2D eigenvalue weighted by atomic mass is 15.6. The van der Waals surface area contributed by atoms with Crippen LogP contribution >= 0.6 is 0 Å². The van der Waals surface area contributed by atoms with Crippen molar-refractivity contribution in [1.29, 1.82) is 0 Å². The SMILES string of the molecule is CN1Cc2nnnn2C[C@@H]1Cc1ccccc1. The number of tetrazole rings is 1. The summed E-state index contributed by atoms with van der Waals surface area (Å²) in [6.45, 7) is 1.69. The number of nitrogens with zero attached hydrogens (tertiary/aromatic N) is 5. The van der Waals surface area contributed by atoms with E-state index in [1.807, 2.05) is 10.7 Å². The second-order valence-corrected chi connectivity index (χ2v) is 4.54. The number of fused-ring (bicyclic) bond motifs is 1. The van der Waals surface area contributed by atoms with E-state index >= 15 is 0 Å². The minimum absolute atomic E-state index is 0.466. The van der Waals surface area contributed by atoms with Crippen molar-refractivity contribution in [2.24, 2.45) is 0 Å². The second kappa shape index (κ2) is 4.25. The number of aromatic nitrogens is 4. The predicted octanol–water partition coefficient (Wildman–Crippen LogP) is 0.730. The first-order valence-electron chi connectivity index (χ1n) is 5.82. The maximum Gasteiger partial charge on any atom is 0.165 e. The molecule has 5 nitrogen and oxygen atoms in total. The monoisotopic (exact) mass is 229 g/mol. The van der Waals surface area contributed by atoms with E-state index in [1.54, 1.807) is 0 Å². The third kappa shape index (κ3) is 2.06. The molecule has 0 N–H and O–H groups in total. The Balaban J connectivity index is 1.77. The van der Waals surface area contributed by atoms with Crippen LogP contribution in [0.1, 0.15) is 11.4 Å². The van der Waals surface area contributed by atoms with Crippen molar-refractivity contribution < 1.29 is 0 Å². The minimum Gasteiger partial charge on any atom is -0.294 e. The number of benzene rings is 1. The van der Waals surface area contributed by atoms with Crippen LogP contribution in [0.3, 0.4) is 0 Å². The molecule has 0 radical (unpaired) electrons. The van der Waals surface area contributed by atoms with E-state index < -0.39 is 0 Å². The van der Waals surface area contributed by atoms with Gasteiger partial charge in [-0.25, -0.2) is 4.68 Å². The van der Waals surface area contributed by atoms with Crippen LogP contribution in [0, 0.1) is 0 Å². The highest BCUT2D eigenvalue weighted by Gasteiger charge is 2.25. The molecule has 2 heterocycles. The first-order chi connectivity index (χ1) is 8.33. The molecule has 1 aromatic carbocycles. The molecule has 0 saturated heterocycles. The van der Waals surface area contributed by atoms with Crippen molar-refractivity contribution >= 4 is 0 Å². The summed E-state index contributed by atoms with van der Waals surface area (Å²) in [6, 6.07) is 11.0. The lowest BCUT2D eigenvalue weighted by Gasteiger charge is -2.31. The summed E-state index contributed by atoms with van der Waals surface area (Å²) in [7, 11) is 2.13. The van der Waals surface area contributed by atoms with E-state index in [4.69, 9.17) is 0 Å². The average molecular weight is 229 g/mol. The third-order valence-corrected chi connectivity index (χ3v) is 3.32. The molecule has 0 fully saturated rings. The van der Waals surface area contributed by atoms with Gasteiger partial charge in [-0.15, -0.1) is 5.10 Å². The van der Waals surface area contributed by atoms with Crippen LogP contribution in [0.5, 0.6) is 0 Å². The van der Waals surface area contributed by atoms with Crippen molar-refractivity contribution in [3.63, 3.8) is 0 Å². The fourth-order valence-corrected chi connectivity index (χ4v) is 2.28. The second-order valence-electron chi connectivity index (χ2n) is 4.54. The third-order valence-electron chi connectivity index (χ3n) is 3.32. The number of likely N-dealkylation sites (N-methyl/N-ethyl adjacent to an activating group) is 1. The van der Waals surface area contributed by atoms with Gasteiger partial charge in [-0.3, -0.25) is 4.90 Å². The summed E-state index contributed by atoms with van der Waals surface area (Å²) in [5.41, 5.74) is 1.36. The van der Waals surface area contributed by atoms with Gasteiger partial charge < -0.3 is 0 Å². The lowest BCUT2D eigenvalue weighted by atomic mass is 10.0. The van der Waals surface area contributed by atoms with Crippen LogP contribution in [0.25, 0.3) is 0 Å². The van der Waals surface area contributed by atoms with Crippen molar-refractivity contribution in [3.05, 3.63) is 41.7 Å². The quantitative estimate of drug-likeness (QED) is 0.761. The van der Waals surface area contributed by atoms with E-state index in [0.29, 0.717) is 6.04 Å². The van der Waals surface area contributed by atoms with Gasteiger partial charge in [0.05, 0.1) is 13.1 Å². The van der Waals surface area contributed by atoms with Crippen LogP contribution in [0.15, 0.2) is 30.3 Å². The molecule has 1 aliphatic heterocycles. The van der Waals surface area contributed by atoms with Crippen LogP contribution in [-0.2, 0) is 19.5 Å². The molecule has 88 valence electrons. The first-order valence-corrected chi connectivity index (χ1v) is 5.82. The molecular weight excluding hydrogens is 214 g/mol. The van der Waals surface area contributed by atoms with Crippen molar-refractivity contribution in [3.8, 4) is 0 Å². The predicted molar refractivity (Wildman–Crippen MR) is 63.2 cm³/mol. The highest BCUT2D eigenvalue weighted by Crippen LogP contribution is 2.16. The number of hydrogen-bond acceptors (Lipinski definition) is 4. The molecule has 0 saturated carbocycles. The Morgan fingerprint density at radius 3 is 2.94 bits per heavy atom. The summed E-state index contributed by atoms with van der Waals surface area (Å²) in [5, 5.41) is 11.7. The normalized spacial score (nSPS) is 20.2. The lowest BCUT2D eigenvalue weighted by molar-refractivity contribution is 0.164. The Morgan fingerprint density at radius 2 is 2.12 bits per heavy atom. The molecule has 5 heteroatoms. The van der Waals surface area contributed by atoms with E-state index in [2.05, 4.69) is 51.7 Å². The number of rotatable bonds is 2. The first kappa shape index (κ1) is 10.4. The molecule has 0 aliphatic carbocycles. The smallest absolute Gasteiger partial charge is 0.165 e. The minimum atomic E-state index is 0.466. The van der Waals surface area contributed by atoms with Crippen LogP contribution in [0.4, 0.5) is 0 Å². The maximum absolute atomic E-state index is 4.01. The largest absolute Gasteiger partial charge is 0.294 e. The topological polar surface area (TPSA) is 46.8 Å². The summed E-state index contributed by atoms with van der Waals surface area (Å²) in [6.07, 6.45) is 1.04. The molecule has 1 atom stereocenters. The molecule has 2 aromatic rings. The van der Waals surface area contributed by atoms with E-state index in [-0.39, 0.29) is 0 Å². The van der Waals surface area contributed by atoms with Gasteiger partial charge in [0.1, 0.15) is 0 Å². The fourth-order valence-electron chi connectivity index (χ4n) is 2.28. The highest BCUT2D eigenvalue weighted by molar-refractivity contribution is 5.16. The fraction of sp³-hybridized carbons (Fsp3) is 0.417. The Labute approximate surface area is 100 Å². The molecule has 0 spiro atoms. The molecule has 0 bridgehead atoms. The van der Waals surface area contributed by atoms with Gasteiger partial charge in [-0.2, -0.15) is 0 Å². The molecule has 1 aliphatic rings.